The van der Waals surface area contributed by atoms with Crippen LogP contribution in [0.1, 0.15) is 85.5 Å². The van der Waals surface area contributed by atoms with Gasteiger partial charge in [0.1, 0.15) is 17.6 Å². The number of alkyl halides is 3. The van der Waals surface area contributed by atoms with Crippen LogP contribution >= 0.6 is 0 Å². The number of carbonyl (C=O) groups excluding carboxylic acids is 4. The number of ketones is 1. The van der Waals surface area contributed by atoms with Crippen LogP contribution in [-0.2, 0) is 33.9 Å². The summed E-state index contributed by atoms with van der Waals surface area (Å²) < 4.78 is 91.6. The third-order valence-electron chi connectivity index (χ3n) is 12.1. The number of hydrogen-bond donors (Lipinski definition) is 1. The molecule has 0 radical (unpaired) electrons. The van der Waals surface area contributed by atoms with E-state index in [4.69, 9.17) is 18.9 Å². The number of nitrogens with one attached hydrogen (secondary N) is 1. The number of halogens is 3. The summed E-state index contributed by atoms with van der Waals surface area (Å²) in [5, 5.41) is 0.505. The van der Waals surface area contributed by atoms with Crippen molar-refractivity contribution in [3.05, 3.63) is 36.5 Å². The Balaban J connectivity index is 1.36. The van der Waals surface area contributed by atoms with Crippen LogP contribution in [0.15, 0.2) is 36.5 Å². The minimum atomic E-state index is -4.87. The number of carbonyl (C=O) groups is 4. The molecule has 3 fully saturated rings. The van der Waals surface area contributed by atoms with E-state index in [1.54, 1.807) is 25.1 Å². The Morgan fingerprint density at radius 3 is 2.40 bits per heavy atom. The number of ether oxygens (including phenoxy) is 4. The largest absolute Gasteiger partial charge is 0.497 e. The molecule has 2 aliphatic carbocycles. The van der Waals surface area contributed by atoms with Crippen molar-refractivity contribution < 1.29 is 59.7 Å². The van der Waals surface area contributed by atoms with Gasteiger partial charge in [-0.05, 0) is 81.9 Å². The minimum absolute atomic E-state index is 0.0149. The summed E-state index contributed by atoms with van der Waals surface area (Å²) in [7, 11) is -0.936. The number of rotatable bonds is 10. The van der Waals surface area contributed by atoms with Crippen LogP contribution in [0.3, 0.4) is 0 Å². The normalized spacial score (nSPS) is 29.0. The van der Waals surface area contributed by atoms with Gasteiger partial charge in [0.25, 0.3) is 0 Å². The van der Waals surface area contributed by atoms with Crippen molar-refractivity contribution in [3.63, 3.8) is 0 Å². The molecular weight excluding hydrogens is 784 g/mol. The molecule has 2 aliphatic heterocycles. The molecule has 2 aromatic rings. The third kappa shape index (κ3) is 9.08. The van der Waals surface area contributed by atoms with Gasteiger partial charge < -0.3 is 23.8 Å². The van der Waals surface area contributed by atoms with Gasteiger partial charge in [0.2, 0.25) is 33.3 Å². The Morgan fingerprint density at radius 1 is 1.02 bits per heavy atom. The van der Waals surface area contributed by atoms with E-state index >= 15 is 0 Å². The highest BCUT2D eigenvalue weighted by Gasteiger charge is 2.62. The standard InChI is InChI=1S/C41H52F3N3O10S/c1-23-8-7-9-24(2)30(18-35(49)57-39(3,4)41(42,43)44)37(50)47-22-27(56-36-29-15-12-26(54-5)16-31(29)34(55-6)21-45-36)17-32(47)33(48)20-40(19-25(40)11-10-23)38(51)46-58(52,53)28-13-14-28/h10-12,15-16,21,23-25,27-28,30,32H,7-9,13-14,17-20,22H2,1-6H3,(H,46,51)/b11-10-/t23-,24-,25-,27-,30+,32+,40-/m1/s1. The second-order valence-corrected chi connectivity index (χ2v) is 18.8. The van der Waals surface area contributed by atoms with Gasteiger partial charge in [-0.3, -0.25) is 23.9 Å². The summed E-state index contributed by atoms with van der Waals surface area (Å²) in [6.07, 6.45) is 1.27. The maximum Gasteiger partial charge on any atom is 0.427 e. The van der Waals surface area contributed by atoms with Crippen molar-refractivity contribution in [2.75, 3.05) is 20.8 Å². The lowest BCUT2D eigenvalue weighted by Gasteiger charge is -2.32. The van der Waals surface area contributed by atoms with E-state index in [1.165, 1.54) is 25.3 Å². The van der Waals surface area contributed by atoms with Gasteiger partial charge in [-0.1, -0.05) is 32.4 Å². The van der Waals surface area contributed by atoms with E-state index in [0.29, 0.717) is 54.4 Å². The van der Waals surface area contributed by atoms with Gasteiger partial charge in [0.15, 0.2) is 5.78 Å². The first-order valence-corrected chi connectivity index (χ1v) is 21.3. The Bertz CT molecular complexity index is 2070. The molecule has 4 aliphatic rings. The van der Waals surface area contributed by atoms with Crippen LogP contribution in [0, 0.1) is 29.1 Å². The molecule has 58 heavy (non-hydrogen) atoms. The molecule has 2 saturated carbocycles. The summed E-state index contributed by atoms with van der Waals surface area (Å²) in [5.74, 6) is -4.05. The maximum atomic E-state index is 14.8. The van der Waals surface area contributed by atoms with Crippen molar-refractivity contribution in [2.24, 2.45) is 29.1 Å². The molecular formula is C41H52F3N3O10S. The molecule has 1 aromatic heterocycles. The van der Waals surface area contributed by atoms with Gasteiger partial charge in [-0.25, -0.2) is 13.4 Å². The summed E-state index contributed by atoms with van der Waals surface area (Å²) in [6, 6.07) is 4.00. The first kappa shape index (κ1) is 43.2. The SMILES string of the molecule is COc1ccc2c(O[C@@H]3C[C@H]4C(=O)C[C@]5(C(=O)NS(=O)(=O)C6CC6)C[C@H]5/C=C\[C@H](C)CCC[C@@H](C)[C@H](CC(=O)OC(C)(C)C(F)(F)F)C(=O)N4C3)ncc(OC)c2c1. The third-order valence-corrected chi connectivity index (χ3v) is 14.0. The Labute approximate surface area is 336 Å². The molecule has 17 heteroatoms. The second kappa shape index (κ2) is 16.3. The van der Waals surface area contributed by atoms with Gasteiger partial charge in [0.05, 0.1) is 56.0 Å². The number of benzene rings is 1. The predicted octanol–water partition coefficient (Wildman–Crippen LogP) is 6.08. The van der Waals surface area contributed by atoms with Crippen molar-refractivity contribution in [2.45, 2.75) is 115 Å². The molecule has 318 valence electrons. The summed E-state index contributed by atoms with van der Waals surface area (Å²) in [4.78, 5) is 62.3. The monoisotopic (exact) mass is 835 g/mol. The number of hydrogen-bond acceptors (Lipinski definition) is 11. The first-order valence-electron chi connectivity index (χ1n) is 19.7. The van der Waals surface area contributed by atoms with Gasteiger partial charge in [0, 0.05) is 23.6 Å². The Kier molecular flexibility index (Phi) is 12.2. The molecule has 1 N–H and O–H groups in total. The fraction of sp³-hybridized carbons (Fsp3) is 0.634. The van der Waals surface area contributed by atoms with Crippen molar-refractivity contribution in [1.29, 1.82) is 0 Å². The average Bonchev–Trinajstić information content (AvgIpc) is 4.08. The molecule has 1 saturated heterocycles. The molecule has 7 atom stereocenters. The predicted molar refractivity (Wildman–Crippen MR) is 205 cm³/mol. The molecule has 13 nitrogen and oxygen atoms in total. The summed E-state index contributed by atoms with van der Waals surface area (Å²) in [5.41, 5.74) is -4.20. The highest BCUT2D eigenvalue weighted by molar-refractivity contribution is 7.90. The van der Waals surface area contributed by atoms with E-state index in [1.807, 2.05) is 19.1 Å². The van der Waals surface area contributed by atoms with Gasteiger partial charge in [-0.2, -0.15) is 13.2 Å². The zero-order valence-electron chi connectivity index (χ0n) is 33.6. The lowest BCUT2D eigenvalue weighted by molar-refractivity contribution is -0.257. The lowest BCUT2D eigenvalue weighted by Crippen LogP contribution is -2.48. The number of pyridine rings is 1. The number of aromatic nitrogens is 1. The molecule has 1 aromatic carbocycles. The van der Waals surface area contributed by atoms with Crippen LogP contribution in [-0.4, -0.2) is 91.8 Å². The zero-order chi connectivity index (χ0) is 42.4. The fourth-order valence-corrected chi connectivity index (χ4v) is 9.47. The minimum Gasteiger partial charge on any atom is -0.497 e. The van der Waals surface area contributed by atoms with E-state index < -0.39 is 92.4 Å². The number of amides is 2. The quantitative estimate of drug-likeness (QED) is 0.218. The van der Waals surface area contributed by atoms with Crippen LogP contribution in [0.4, 0.5) is 13.2 Å². The Morgan fingerprint density at radius 2 is 1.74 bits per heavy atom. The fourth-order valence-electron chi connectivity index (χ4n) is 8.09. The van der Waals surface area contributed by atoms with Crippen molar-refractivity contribution in [1.82, 2.24) is 14.6 Å². The van der Waals surface area contributed by atoms with Gasteiger partial charge in [-0.15, -0.1) is 0 Å². The highest BCUT2D eigenvalue weighted by atomic mass is 32.2. The number of methoxy groups -OCH3 is 2. The Hall–Kier alpha value is -4.41. The molecule has 0 unspecified atom stereocenters. The van der Waals surface area contributed by atoms with E-state index in [0.717, 1.165) is 13.8 Å². The van der Waals surface area contributed by atoms with Crippen molar-refractivity contribution in [3.8, 4) is 17.4 Å². The van der Waals surface area contributed by atoms with Gasteiger partial charge >= 0.3 is 12.1 Å². The van der Waals surface area contributed by atoms with E-state index in [2.05, 4.69) is 9.71 Å². The number of sulfonamides is 1. The van der Waals surface area contributed by atoms with E-state index in [9.17, 15) is 40.8 Å². The summed E-state index contributed by atoms with van der Waals surface area (Å²) >= 11 is 0. The lowest BCUT2D eigenvalue weighted by atomic mass is 9.84. The second-order valence-electron chi connectivity index (χ2n) is 16.9. The van der Waals surface area contributed by atoms with Crippen molar-refractivity contribution >= 4 is 44.4 Å². The number of esters is 1. The molecule has 0 spiro atoms. The van der Waals surface area contributed by atoms with Crippen LogP contribution in [0.25, 0.3) is 10.8 Å². The van der Waals surface area contributed by atoms with Crippen LogP contribution < -0.4 is 18.9 Å². The first-order chi connectivity index (χ1) is 27.2. The zero-order valence-corrected chi connectivity index (χ0v) is 34.4. The number of Topliss-reactive ketones (excluding diaryl/α,β-unsaturated/α-hetero) is 1. The highest BCUT2D eigenvalue weighted by Crippen LogP contribution is 2.57. The topological polar surface area (TPSA) is 167 Å². The molecule has 0 bridgehead atoms. The van der Waals surface area contributed by atoms with E-state index in [-0.39, 0.29) is 37.6 Å². The maximum absolute atomic E-state index is 14.8. The number of nitrogens with zero attached hydrogens (tertiary/aromatic N) is 2. The summed E-state index contributed by atoms with van der Waals surface area (Å²) in [6.45, 7) is 5.04. The number of fused-ring (bicyclic) bond motifs is 3. The molecule has 6 rings (SSSR count). The smallest absolute Gasteiger partial charge is 0.427 e. The van der Waals surface area contributed by atoms with Crippen LogP contribution in [0.5, 0.6) is 17.4 Å². The molecule has 2 amide bonds. The average molecular weight is 836 g/mol. The molecule has 3 heterocycles. The number of allylic oxidation sites excluding steroid dienone is 2. The van der Waals surface area contributed by atoms with Crippen LogP contribution in [0.2, 0.25) is 0 Å².